The van der Waals surface area contributed by atoms with Crippen LogP contribution in [0.2, 0.25) is 0 Å². The van der Waals surface area contributed by atoms with Crippen LogP contribution in [0.1, 0.15) is 11.3 Å². The quantitative estimate of drug-likeness (QED) is 0.767. The Balaban J connectivity index is 2.55. The number of aryl methyl sites for hydroxylation is 2. The van der Waals surface area contributed by atoms with E-state index in [4.69, 9.17) is 5.73 Å². The molecule has 0 fully saturated rings. The van der Waals surface area contributed by atoms with Gasteiger partial charge in [-0.2, -0.15) is 0 Å². The van der Waals surface area contributed by atoms with Crippen molar-refractivity contribution < 1.29 is 0 Å². The topological polar surface area (TPSA) is 51.8 Å². The lowest BCUT2D eigenvalue weighted by molar-refractivity contribution is 1.11. The lowest BCUT2D eigenvalue weighted by Gasteiger charge is -2.05. The smallest absolute Gasteiger partial charge is 0.159 e. The fourth-order valence-corrected chi connectivity index (χ4v) is 1.43. The monoisotopic (exact) mass is 199 g/mol. The molecule has 2 aromatic rings. The molecule has 0 radical (unpaired) electrons. The summed E-state index contributed by atoms with van der Waals surface area (Å²) in [6, 6.07) is 8.05. The van der Waals surface area contributed by atoms with Gasteiger partial charge in [0.15, 0.2) is 5.82 Å². The molecule has 3 nitrogen and oxygen atoms in total. The van der Waals surface area contributed by atoms with Gasteiger partial charge in [0.2, 0.25) is 0 Å². The second kappa shape index (κ2) is 3.69. The van der Waals surface area contributed by atoms with Crippen molar-refractivity contribution in [1.29, 1.82) is 0 Å². The highest BCUT2D eigenvalue weighted by Crippen LogP contribution is 2.20. The van der Waals surface area contributed by atoms with Crippen LogP contribution in [0.5, 0.6) is 0 Å². The van der Waals surface area contributed by atoms with Crippen LogP contribution >= 0.6 is 0 Å². The number of rotatable bonds is 1. The van der Waals surface area contributed by atoms with Crippen LogP contribution in [0, 0.1) is 13.8 Å². The zero-order valence-electron chi connectivity index (χ0n) is 8.86. The molecule has 0 aliphatic rings. The first-order valence-corrected chi connectivity index (χ1v) is 4.83. The van der Waals surface area contributed by atoms with Gasteiger partial charge in [-0.05, 0) is 19.4 Å². The van der Waals surface area contributed by atoms with E-state index < -0.39 is 0 Å². The zero-order chi connectivity index (χ0) is 10.8. The van der Waals surface area contributed by atoms with Crippen LogP contribution in [0.4, 0.5) is 5.69 Å². The summed E-state index contributed by atoms with van der Waals surface area (Å²) in [5.74, 6) is 0.736. The van der Waals surface area contributed by atoms with E-state index >= 15 is 0 Å². The number of hydrogen-bond donors (Lipinski definition) is 1. The molecule has 0 aliphatic carbocycles. The second-order valence-corrected chi connectivity index (χ2v) is 3.55. The van der Waals surface area contributed by atoms with Gasteiger partial charge in [-0.1, -0.05) is 24.3 Å². The molecule has 0 saturated heterocycles. The summed E-state index contributed by atoms with van der Waals surface area (Å²) >= 11 is 0. The van der Waals surface area contributed by atoms with Gasteiger partial charge >= 0.3 is 0 Å². The Hall–Kier alpha value is -1.90. The molecule has 2 rings (SSSR count). The summed E-state index contributed by atoms with van der Waals surface area (Å²) in [6.07, 6.45) is 1.66. The van der Waals surface area contributed by atoms with Crippen molar-refractivity contribution in [2.24, 2.45) is 0 Å². The summed E-state index contributed by atoms with van der Waals surface area (Å²) in [5.41, 5.74) is 9.36. The van der Waals surface area contributed by atoms with Gasteiger partial charge in [-0.25, -0.2) is 9.97 Å². The molecule has 1 heterocycles. The molecule has 1 aromatic heterocycles. The van der Waals surface area contributed by atoms with Crippen molar-refractivity contribution in [3.63, 3.8) is 0 Å². The number of aromatic nitrogens is 2. The Kier molecular flexibility index (Phi) is 2.37. The Morgan fingerprint density at radius 1 is 1.13 bits per heavy atom. The van der Waals surface area contributed by atoms with Crippen LogP contribution in [0.15, 0.2) is 30.5 Å². The number of anilines is 1. The van der Waals surface area contributed by atoms with Crippen LogP contribution in [0.25, 0.3) is 11.4 Å². The number of nitrogens with two attached hydrogens (primary N) is 1. The van der Waals surface area contributed by atoms with Gasteiger partial charge in [0, 0.05) is 5.56 Å². The lowest BCUT2D eigenvalue weighted by Crippen LogP contribution is -1.98. The molecule has 76 valence electrons. The van der Waals surface area contributed by atoms with E-state index in [1.807, 2.05) is 38.1 Å². The molecule has 0 unspecified atom stereocenters. The Morgan fingerprint density at radius 3 is 2.53 bits per heavy atom. The Bertz CT molecular complexity index is 492. The Morgan fingerprint density at radius 2 is 1.87 bits per heavy atom. The van der Waals surface area contributed by atoms with Crippen LogP contribution in [0.3, 0.4) is 0 Å². The number of hydrogen-bond acceptors (Lipinski definition) is 3. The normalized spacial score (nSPS) is 10.3. The number of nitrogen functional groups attached to an aromatic ring is 1. The maximum Gasteiger partial charge on any atom is 0.159 e. The standard InChI is InChI=1S/C12H13N3/c1-8-5-3-4-6-10(8)12-14-7-11(13)9(2)15-12/h3-7H,13H2,1-2H3. The molecular weight excluding hydrogens is 186 g/mol. The number of nitrogens with zero attached hydrogens (tertiary/aromatic N) is 2. The van der Waals surface area contributed by atoms with Crippen molar-refractivity contribution in [3.05, 3.63) is 41.7 Å². The summed E-state index contributed by atoms with van der Waals surface area (Å²) < 4.78 is 0. The van der Waals surface area contributed by atoms with Crippen LogP contribution in [-0.4, -0.2) is 9.97 Å². The third-order valence-electron chi connectivity index (χ3n) is 2.40. The average Bonchev–Trinajstić information content (AvgIpc) is 2.23. The first-order chi connectivity index (χ1) is 7.18. The van der Waals surface area contributed by atoms with Gasteiger partial charge in [0.05, 0.1) is 17.6 Å². The second-order valence-electron chi connectivity index (χ2n) is 3.55. The minimum atomic E-state index is 0.632. The molecule has 3 heteroatoms. The van der Waals surface area contributed by atoms with Crippen molar-refractivity contribution in [3.8, 4) is 11.4 Å². The summed E-state index contributed by atoms with van der Waals surface area (Å²) in [7, 11) is 0. The largest absolute Gasteiger partial charge is 0.396 e. The highest BCUT2D eigenvalue weighted by molar-refractivity contribution is 5.61. The number of benzene rings is 1. The molecule has 0 atom stereocenters. The maximum atomic E-state index is 5.68. The first-order valence-electron chi connectivity index (χ1n) is 4.83. The summed E-state index contributed by atoms with van der Waals surface area (Å²) in [4.78, 5) is 8.60. The lowest BCUT2D eigenvalue weighted by atomic mass is 10.1. The molecule has 0 amide bonds. The fraction of sp³-hybridized carbons (Fsp3) is 0.167. The average molecular weight is 199 g/mol. The molecule has 0 saturated carbocycles. The Labute approximate surface area is 89.0 Å². The molecule has 1 aromatic carbocycles. The van der Waals surface area contributed by atoms with Crippen LogP contribution in [-0.2, 0) is 0 Å². The van der Waals surface area contributed by atoms with E-state index in [0.717, 1.165) is 17.1 Å². The summed E-state index contributed by atoms with van der Waals surface area (Å²) in [5, 5.41) is 0. The van der Waals surface area contributed by atoms with Crippen molar-refractivity contribution in [2.75, 3.05) is 5.73 Å². The predicted octanol–water partition coefficient (Wildman–Crippen LogP) is 2.34. The highest BCUT2D eigenvalue weighted by atomic mass is 14.9. The molecular formula is C12H13N3. The van der Waals surface area contributed by atoms with Gasteiger partial charge in [-0.3, -0.25) is 0 Å². The van der Waals surface area contributed by atoms with E-state index in [-0.39, 0.29) is 0 Å². The van der Waals surface area contributed by atoms with E-state index in [1.165, 1.54) is 5.56 Å². The zero-order valence-corrected chi connectivity index (χ0v) is 8.86. The van der Waals surface area contributed by atoms with Crippen molar-refractivity contribution in [2.45, 2.75) is 13.8 Å². The SMILES string of the molecule is Cc1ccccc1-c1ncc(N)c(C)n1. The molecule has 0 aliphatic heterocycles. The molecule has 2 N–H and O–H groups in total. The van der Waals surface area contributed by atoms with Crippen molar-refractivity contribution >= 4 is 5.69 Å². The van der Waals surface area contributed by atoms with E-state index in [9.17, 15) is 0 Å². The van der Waals surface area contributed by atoms with E-state index in [2.05, 4.69) is 9.97 Å². The first kappa shape index (κ1) is 9.65. The summed E-state index contributed by atoms with van der Waals surface area (Å²) in [6.45, 7) is 3.93. The van der Waals surface area contributed by atoms with E-state index in [0.29, 0.717) is 5.69 Å². The van der Waals surface area contributed by atoms with Gasteiger partial charge in [-0.15, -0.1) is 0 Å². The van der Waals surface area contributed by atoms with Crippen molar-refractivity contribution in [1.82, 2.24) is 9.97 Å². The fourth-order valence-electron chi connectivity index (χ4n) is 1.43. The van der Waals surface area contributed by atoms with Gasteiger partial charge in [0.25, 0.3) is 0 Å². The molecule has 0 bridgehead atoms. The third-order valence-corrected chi connectivity index (χ3v) is 2.40. The van der Waals surface area contributed by atoms with Gasteiger partial charge in [0.1, 0.15) is 0 Å². The maximum absolute atomic E-state index is 5.68. The third kappa shape index (κ3) is 1.81. The predicted molar refractivity (Wildman–Crippen MR) is 61.4 cm³/mol. The molecule has 0 spiro atoms. The van der Waals surface area contributed by atoms with Crippen LogP contribution < -0.4 is 5.73 Å². The van der Waals surface area contributed by atoms with Gasteiger partial charge < -0.3 is 5.73 Å². The van der Waals surface area contributed by atoms with E-state index in [1.54, 1.807) is 6.20 Å². The minimum Gasteiger partial charge on any atom is -0.396 e. The molecule has 15 heavy (non-hydrogen) atoms. The highest BCUT2D eigenvalue weighted by Gasteiger charge is 2.05. The minimum absolute atomic E-state index is 0.632.